The monoisotopic (exact) mass is 664 g/mol. The van der Waals surface area contributed by atoms with Gasteiger partial charge in [-0.1, -0.05) is 17.7 Å². The van der Waals surface area contributed by atoms with Gasteiger partial charge in [-0.15, -0.1) is 11.3 Å². The zero-order valence-corrected chi connectivity index (χ0v) is 25.4. The fourth-order valence-corrected chi connectivity index (χ4v) is 8.26. The fraction of sp³-hybridized carbons (Fsp3) is 0.400. The van der Waals surface area contributed by atoms with Gasteiger partial charge in [-0.05, 0) is 31.0 Å². The lowest BCUT2D eigenvalue weighted by Crippen LogP contribution is -2.46. The van der Waals surface area contributed by atoms with E-state index >= 15 is 4.39 Å². The second-order valence-corrected chi connectivity index (χ2v) is 13.0. The molecule has 7 rings (SSSR count). The molecular weight excluding hydrogens is 639 g/mol. The van der Waals surface area contributed by atoms with Crippen molar-refractivity contribution >= 4 is 43.8 Å². The normalized spacial score (nSPS) is 22.6. The third-order valence-electron chi connectivity index (χ3n) is 8.85. The predicted molar refractivity (Wildman–Crippen MR) is 159 cm³/mol. The number of nitrogen functional groups attached to an aromatic ring is 1. The Kier molecular flexibility index (Phi) is 7.25. The number of halogens is 6. The largest absolute Gasteiger partial charge is 0.462 e. The third-order valence-corrected chi connectivity index (χ3v) is 10.2. The van der Waals surface area contributed by atoms with Crippen molar-refractivity contribution in [2.24, 2.45) is 4.99 Å². The van der Waals surface area contributed by atoms with Gasteiger partial charge >= 0.3 is 5.95 Å². The van der Waals surface area contributed by atoms with Gasteiger partial charge in [0.25, 0.3) is 6.43 Å². The molecule has 8 nitrogen and oxygen atoms in total. The van der Waals surface area contributed by atoms with Gasteiger partial charge in [-0.25, -0.2) is 22.0 Å². The lowest BCUT2D eigenvalue weighted by Gasteiger charge is -2.32. The van der Waals surface area contributed by atoms with Crippen molar-refractivity contribution in [2.75, 3.05) is 45.7 Å². The van der Waals surface area contributed by atoms with Crippen LogP contribution in [-0.4, -0.2) is 72.8 Å². The Labute approximate surface area is 263 Å². The van der Waals surface area contributed by atoms with E-state index in [4.69, 9.17) is 26.8 Å². The zero-order valence-electron chi connectivity index (χ0n) is 23.8. The van der Waals surface area contributed by atoms with E-state index in [-0.39, 0.29) is 85.4 Å². The molecule has 0 amide bonds. The molecule has 4 aliphatic heterocycles. The Hall–Kier alpha value is -3.80. The van der Waals surface area contributed by atoms with E-state index in [2.05, 4.69) is 4.99 Å². The summed E-state index contributed by atoms with van der Waals surface area (Å²) in [5.74, 6) is -2.16. The minimum atomic E-state index is -2.79. The zero-order chi connectivity index (χ0) is 31.8. The van der Waals surface area contributed by atoms with Crippen molar-refractivity contribution in [3.8, 4) is 22.9 Å². The molecule has 3 aromatic rings. The van der Waals surface area contributed by atoms with Crippen LogP contribution in [0.5, 0.6) is 5.75 Å². The lowest BCUT2D eigenvalue weighted by atomic mass is 9.95. The van der Waals surface area contributed by atoms with E-state index in [9.17, 15) is 22.8 Å². The smallest absolute Gasteiger partial charge is 0.302 e. The van der Waals surface area contributed by atoms with Gasteiger partial charge in [0.05, 0.1) is 44.1 Å². The number of nitriles is 1. The number of rotatable bonds is 6. The average Bonchev–Trinajstić information content (AvgIpc) is 3.59. The van der Waals surface area contributed by atoms with Crippen LogP contribution >= 0.6 is 22.9 Å². The van der Waals surface area contributed by atoms with Crippen LogP contribution < -0.4 is 21.0 Å². The van der Waals surface area contributed by atoms with Crippen LogP contribution in [0.3, 0.4) is 0 Å². The molecule has 1 aromatic heterocycles. The highest BCUT2D eigenvalue weighted by atomic mass is 35.5. The summed E-state index contributed by atoms with van der Waals surface area (Å²) in [6, 6.07) is 4.38. The van der Waals surface area contributed by atoms with E-state index in [0.717, 1.165) is 23.8 Å². The van der Waals surface area contributed by atoms with Crippen LogP contribution in [0.2, 0.25) is 5.02 Å². The van der Waals surface area contributed by atoms with E-state index in [1.54, 1.807) is 11.9 Å². The molecule has 2 N–H and O–H groups in total. The number of nitrogens with zero attached hydrogens (tertiary/aromatic N) is 5. The molecule has 2 fully saturated rings. The highest BCUT2D eigenvalue weighted by Crippen LogP contribution is 2.45. The highest BCUT2D eigenvalue weighted by Gasteiger charge is 2.49. The molecule has 2 atom stereocenters. The predicted octanol–water partition coefficient (Wildman–Crippen LogP) is 4.89. The summed E-state index contributed by atoms with van der Waals surface area (Å²) in [4.78, 5) is 9.30. The maximum atomic E-state index is 17.0. The van der Waals surface area contributed by atoms with Gasteiger partial charge in [0.2, 0.25) is 0 Å². The summed E-state index contributed by atoms with van der Waals surface area (Å²) in [5, 5.41) is 9.88. The van der Waals surface area contributed by atoms with Gasteiger partial charge in [0, 0.05) is 31.0 Å². The summed E-state index contributed by atoms with van der Waals surface area (Å²) in [6.45, 7) is 0.188. The first-order valence-corrected chi connectivity index (χ1v) is 15.4. The molecular formula is C30H26ClF5N6O2S. The average molecular weight is 665 g/mol. The van der Waals surface area contributed by atoms with Crippen LogP contribution in [0.15, 0.2) is 29.3 Å². The molecule has 0 bridgehead atoms. The van der Waals surface area contributed by atoms with E-state index < -0.39 is 42.1 Å². The van der Waals surface area contributed by atoms with Gasteiger partial charge < -0.3 is 25.0 Å². The van der Waals surface area contributed by atoms with Crippen molar-refractivity contribution in [3.05, 3.63) is 57.1 Å². The Bertz CT molecular complexity index is 1950. The Balaban J connectivity index is 1.43. The highest BCUT2D eigenvalue weighted by molar-refractivity contribution is 7.23. The number of fused-ring (bicyclic) bond motifs is 2. The number of hydrogen-bond acceptors (Lipinski definition) is 9. The SMILES string of the molecule is CN1CN=c2c(Cl)c(-c3ccc(F)c4sc(N)c(C#N)c34)c(F)c3c2=C1N(CC(F)F)C=C(OC[C@@]12CCCN1C[C@H](F)C2)O3. The topological polar surface area (TPSA) is 90.3 Å². The van der Waals surface area contributed by atoms with E-state index in [1.165, 1.54) is 17.2 Å². The van der Waals surface area contributed by atoms with Crippen molar-refractivity contribution in [1.29, 1.82) is 5.26 Å². The number of alkyl halides is 3. The molecule has 0 saturated carbocycles. The van der Waals surface area contributed by atoms with Crippen LogP contribution in [0.4, 0.5) is 27.0 Å². The number of anilines is 1. The van der Waals surface area contributed by atoms with Crippen molar-refractivity contribution < 1.29 is 31.4 Å². The van der Waals surface area contributed by atoms with Gasteiger partial charge in [-0.2, -0.15) is 5.26 Å². The fourth-order valence-electron chi connectivity index (χ4n) is 6.97. The molecule has 0 aliphatic carbocycles. The van der Waals surface area contributed by atoms with Crippen molar-refractivity contribution in [1.82, 2.24) is 14.7 Å². The Morgan fingerprint density at radius 1 is 1.33 bits per heavy atom. The summed E-state index contributed by atoms with van der Waals surface area (Å²) in [7, 11) is 1.61. The van der Waals surface area contributed by atoms with Gasteiger partial charge in [0.15, 0.2) is 11.6 Å². The van der Waals surface area contributed by atoms with Gasteiger partial charge in [-0.3, -0.25) is 9.89 Å². The lowest BCUT2D eigenvalue weighted by molar-refractivity contribution is 0.0245. The summed E-state index contributed by atoms with van der Waals surface area (Å²) in [6.07, 6.45) is -0.800. The van der Waals surface area contributed by atoms with Crippen LogP contribution in [0, 0.1) is 23.0 Å². The molecule has 0 spiro atoms. The quantitative estimate of drug-likeness (QED) is 0.376. The summed E-state index contributed by atoms with van der Waals surface area (Å²) in [5.41, 5.74) is 5.24. The van der Waals surface area contributed by atoms with Crippen LogP contribution in [0.1, 0.15) is 24.8 Å². The molecule has 0 radical (unpaired) electrons. The standard InChI is InChI=1S/C30H26ClF5N6O2S/c1-40-13-39-25-22-26(24(36)21(23(25)31)15-3-4-17(33)27-20(15)16(8-37)28(38)45-27)44-19(11-41(29(22)40)10-18(34)35)43-12-30-5-2-6-42(30)9-14(32)7-30/h3-4,11,14,18H,2,5-7,9-10,12-13,38H2,1H3/t14-,30+/m1/s1. The maximum absolute atomic E-state index is 17.0. The molecule has 236 valence electrons. The van der Waals surface area contributed by atoms with E-state index in [1.807, 2.05) is 11.0 Å². The molecule has 4 aliphatic rings. The van der Waals surface area contributed by atoms with Gasteiger partial charge in [0.1, 0.15) is 42.2 Å². The Morgan fingerprint density at radius 3 is 2.89 bits per heavy atom. The number of ether oxygens (including phenoxy) is 2. The van der Waals surface area contributed by atoms with Crippen molar-refractivity contribution in [2.45, 2.75) is 37.4 Å². The molecule has 0 unspecified atom stereocenters. The number of nitrogens with two attached hydrogens (primary N) is 1. The van der Waals surface area contributed by atoms with Crippen LogP contribution in [-0.2, 0) is 4.74 Å². The summed E-state index contributed by atoms with van der Waals surface area (Å²) >= 11 is 7.71. The molecule has 5 heterocycles. The maximum Gasteiger partial charge on any atom is 0.302 e. The number of hydrogen-bond donors (Lipinski definition) is 1. The van der Waals surface area contributed by atoms with Crippen LogP contribution in [0.25, 0.3) is 27.0 Å². The van der Waals surface area contributed by atoms with Crippen molar-refractivity contribution in [3.63, 3.8) is 0 Å². The first kappa shape index (κ1) is 29.9. The summed E-state index contributed by atoms with van der Waals surface area (Å²) < 4.78 is 86.3. The molecule has 2 saturated heterocycles. The third kappa shape index (κ3) is 4.66. The Morgan fingerprint density at radius 2 is 2.13 bits per heavy atom. The number of benzene rings is 2. The minimum Gasteiger partial charge on any atom is -0.462 e. The molecule has 2 aromatic carbocycles. The first-order chi connectivity index (χ1) is 21.5. The second kappa shape index (κ2) is 10.9. The molecule has 15 heteroatoms. The molecule has 45 heavy (non-hydrogen) atoms. The number of thiophene rings is 1. The minimum absolute atomic E-state index is 0.000129. The first-order valence-electron chi connectivity index (χ1n) is 14.2. The van der Waals surface area contributed by atoms with E-state index in [0.29, 0.717) is 13.0 Å². The second-order valence-electron chi connectivity index (χ2n) is 11.6.